The van der Waals surface area contributed by atoms with Gasteiger partial charge in [0.25, 0.3) is 0 Å². The Labute approximate surface area is 102 Å². The maximum Gasteiger partial charge on any atom is 0.182 e. The van der Waals surface area contributed by atoms with Crippen LogP contribution < -0.4 is 5.73 Å². The molecule has 0 radical (unpaired) electrons. The second-order valence-electron chi connectivity index (χ2n) is 3.53. The van der Waals surface area contributed by atoms with Crippen LogP contribution in [0.4, 0.5) is 5.82 Å². The lowest BCUT2D eigenvalue weighted by molar-refractivity contribution is 0.435. The van der Waals surface area contributed by atoms with Gasteiger partial charge in [0.15, 0.2) is 11.6 Å². The molecule has 0 spiro atoms. The molecular formula is C11H11IN2O. The van der Waals surface area contributed by atoms with Gasteiger partial charge in [0.2, 0.25) is 0 Å². The lowest BCUT2D eigenvalue weighted by atomic mass is 10.0. The van der Waals surface area contributed by atoms with Crippen molar-refractivity contribution in [2.24, 2.45) is 0 Å². The Morgan fingerprint density at radius 2 is 2.07 bits per heavy atom. The number of hydrogen-bond donors (Lipinski definition) is 1. The molecule has 4 heteroatoms. The topological polar surface area (TPSA) is 52.0 Å². The lowest BCUT2D eigenvalue weighted by Crippen LogP contribution is -1.88. The number of nitrogen functional groups attached to an aromatic ring is 1. The van der Waals surface area contributed by atoms with Crippen LogP contribution in [0, 0.1) is 17.4 Å². The summed E-state index contributed by atoms with van der Waals surface area (Å²) in [7, 11) is 0. The first-order valence-electron chi connectivity index (χ1n) is 4.58. The Hall–Kier alpha value is -1.04. The molecule has 78 valence electrons. The van der Waals surface area contributed by atoms with E-state index in [9.17, 15) is 0 Å². The van der Waals surface area contributed by atoms with Gasteiger partial charge in [-0.1, -0.05) is 22.9 Å². The molecule has 0 saturated heterocycles. The zero-order valence-corrected chi connectivity index (χ0v) is 10.7. The Kier molecular flexibility index (Phi) is 2.68. The molecule has 1 heterocycles. The lowest BCUT2D eigenvalue weighted by Gasteiger charge is -2.03. The second-order valence-corrected chi connectivity index (χ2v) is 4.61. The maximum atomic E-state index is 5.65. The third kappa shape index (κ3) is 1.86. The molecule has 2 N–H and O–H groups in total. The molecule has 2 aromatic rings. The molecule has 0 atom stereocenters. The van der Waals surface area contributed by atoms with Gasteiger partial charge in [-0.05, 0) is 48.1 Å². The van der Waals surface area contributed by atoms with Crippen molar-refractivity contribution < 1.29 is 4.52 Å². The van der Waals surface area contributed by atoms with Crippen molar-refractivity contribution in [1.82, 2.24) is 5.16 Å². The molecule has 0 amide bonds. The summed E-state index contributed by atoms with van der Waals surface area (Å²) >= 11 is 2.15. The highest BCUT2D eigenvalue weighted by atomic mass is 127. The highest BCUT2D eigenvalue weighted by Gasteiger charge is 2.14. The smallest absolute Gasteiger partial charge is 0.182 e. The van der Waals surface area contributed by atoms with Gasteiger partial charge in [-0.3, -0.25) is 0 Å². The molecule has 0 aliphatic rings. The SMILES string of the molecule is Cc1ccc(C)c(-c2onc(N)c2I)c1. The summed E-state index contributed by atoms with van der Waals surface area (Å²) in [6.45, 7) is 4.10. The number of anilines is 1. The molecule has 0 aliphatic heterocycles. The molecule has 0 saturated carbocycles. The van der Waals surface area contributed by atoms with Crippen molar-refractivity contribution in [3.8, 4) is 11.3 Å². The van der Waals surface area contributed by atoms with Crippen LogP contribution in [0.5, 0.6) is 0 Å². The minimum atomic E-state index is 0.450. The quantitative estimate of drug-likeness (QED) is 0.823. The fourth-order valence-electron chi connectivity index (χ4n) is 1.44. The summed E-state index contributed by atoms with van der Waals surface area (Å²) in [6, 6.07) is 6.22. The Bertz CT molecular complexity index is 505. The van der Waals surface area contributed by atoms with E-state index < -0.39 is 0 Å². The molecule has 2 rings (SSSR count). The van der Waals surface area contributed by atoms with Crippen LogP contribution >= 0.6 is 22.6 Å². The summed E-state index contributed by atoms with van der Waals surface area (Å²) in [5.41, 5.74) is 9.07. The highest BCUT2D eigenvalue weighted by molar-refractivity contribution is 14.1. The summed E-state index contributed by atoms with van der Waals surface area (Å²) < 4.78 is 6.11. The molecule has 1 aromatic carbocycles. The zero-order valence-electron chi connectivity index (χ0n) is 8.54. The van der Waals surface area contributed by atoms with Gasteiger partial charge in [0.1, 0.15) is 3.57 Å². The molecule has 3 nitrogen and oxygen atoms in total. The molecule has 0 aliphatic carbocycles. The predicted molar refractivity (Wildman–Crippen MR) is 68.5 cm³/mol. The molecule has 0 bridgehead atoms. The number of nitrogens with two attached hydrogens (primary N) is 1. The van der Waals surface area contributed by atoms with E-state index in [1.54, 1.807) is 0 Å². The average Bonchev–Trinajstić information content (AvgIpc) is 2.52. The van der Waals surface area contributed by atoms with Crippen molar-refractivity contribution >= 4 is 28.4 Å². The fourth-order valence-corrected chi connectivity index (χ4v) is 1.93. The maximum absolute atomic E-state index is 5.65. The number of nitrogens with zero attached hydrogens (tertiary/aromatic N) is 1. The third-order valence-corrected chi connectivity index (χ3v) is 3.34. The van der Waals surface area contributed by atoms with E-state index in [4.69, 9.17) is 10.3 Å². The zero-order chi connectivity index (χ0) is 11.0. The van der Waals surface area contributed by atoms with E-state index in [1.165, 1.54) is 5.56 Å². The molecule has 0 fully saturated rings. The van der Waals surface area contributed by atoms with Gasteiger partial charge >= 0.3 is 0 Å². The summed E-state index contributed by atoms with van der Waals surface area (Å²) in [6.07, 6.45) is 0. The van der Waals surface area contributed by atoms with Crippen molar-refractivity contribution in [3.63, 3.8) is 0 Å². The largest absolute Gasteiger partial charge is 0.380 e. The number of hydrogen-bond acceptors (Lipinski definition) is 3. The molecular weight excluding hydrogens is 303 g/mol. The Morgan fingerprint density at radius 3 is 2.67 bits per heavy atom. The first-order valence-corrected chi connectivity index (χ1v) is 5.65. The van der Waals surface area contributed by atoms with Crippen LogP contribution in [0.1, 0.15) is 11.1 Å². The van der Waals surface area contributed by atoms with Gasteiger partial charge in [0, 0.05) is 5.56 Å². The van der Waals surface area contributed by atoms with E-state index in [0.29, 0.717) is 5.82 Å². The summed E-state index contributed by atoms with van der Waals surface area (Å²) in [5.74, 6) is 1.21. The number of aromatic nitrogens is 1. The van der Waals surface area contributed by atoms with Gasteiger partial charge in [0.05, 0.1) is 0 Å². The van der Waals surface area contributed by atoms with Crippen molar-refractivity contribution in [1.29, 1.82) is 0 Å². The number of benzene rings is 1. The van der Waals surface area contributed by atoms with Crippen LogP contribution in [0.3, 0.4) is 0 Å². The number of halogens is 1. The predicted octanol–water partition coefficient (Wildman–Crippen LogP) is 3.15. The van der Waals surface area contributed by atoms with Crippen LogP contribution in [0.2, 0.25) is 0 Å². The van der Waals surface area contributed by atoms with E-state index in [1.807, 2.05) is 6.92 Å². The average molecular weight is 314 g/mol. The van der Waals surface area contributed by atoms with E-state index in [2.05, 4.69) is 52.9 Å². The minimum Gasteiger partial charge on any atom is -0.380 e. The van der Waals surface area contributed by atoms with Crippen LogP contribution in [-0.2, 0) is 0 Å². The van der Waals surface area contributed by atoms with E-state index in [-0.39, 0.29) is 0 Å². The first kappa shape index (κ1) is 10.5. The standard InChI is InChI=1S/C11H11IN2O/c1-6-3-4-7(2)8(5-6)10-9(12)11(13)14-15-10/h3-5H,1-2H3,(H2,13,14). The van der Waals surface area contributed by atoms with Crippen molar-refractivity contribution in [3.05, 3.63) is 32.9 Å². The normalized spacial score (nSPS) is 10.6. The third-order valence-electron chi connectivity index (χ3n) is 2.30. The van der Waals surface area contributed by atoms with Crippen LogP contribution in [0.15, 0.2) is 22.7 Å². The van der Waals surface area contributed by atoms with Gasteiger partial charge in [-0.25, -0.2) is 0 Å². The molecule has 15 heavy (non-hydrogen) atoms. The Morgan fingerprint density at radius 1 is 1.33 bits per heavy atom. The van der Waals surface area contributed by atoms with E-state index >= 15 is 0 Å². The summed E-state index contributed by atoms with van der Waals surface area (Å²) in [5, 5.41) is 3.76. The Balaban J connectivity index is 2.63. The van der Waals surface area contributed by atoms with Crippen LogP contribution in [0.25, 0.3) is 11.3 Å². The van der Waals surface area contributed by atoms with E-state index in [0.717, 1.165) is 20.5 Å². The minimum absolute atomic E-state index is 0.450. The molecule has 0 unspecified atom stereocenters. The number of aryl methyl sites for hydroxylation is 2. The van der Waals surface area contributed by atoms with Gasteiger partial charge in [-0.2, -0.15) is 0 Å². The highest BCUT2D eigenvalue weighted by Crippen LogP contribution is 2.31. The van der Waals surface area contributed by atoms with Gasteiger partial charge in [-0.15, -0.1) is 0 Å². The summed E-state index contributed by atoms with van der Waals surface area (Å²) in [4.78, 5) is 0. The van der Waals surface area contributed by atoms with Crippen LogP contribution in [-0.4, -0.2) is 5.16 Å². The monoisotopic (exact) mass is 314 g/mol. The van der Waals surface area contributed by atoms with Crippen molar-refractivity contribution in [2.45, 2.75) is 13.8 Å². The number of rotatable bonds is 1. The van der Waals surface area contributed by atoms with Crippen molar-refractivity contribution in [2.75, 3.05) is 5.73 Å². The molecule has 1 aromatic heterocycles. The fraction of sp³-hybridized carbons (Fsp3) is 0.182. The second kappa shape index (κ2) is 3.84. The first-order chi connectivity index (χ1) is 7.09. The van der Waals surface area contributed by atoms with Gasteiger partial charge < -0.3 is 10.3 Å².